The maximum absolute atomic E-state index is 13.1. The minimum absolute atomic E-state index is 0.0712. The molecule has 0 spiro atoms. The van der Waals surface area contributed by atoms with Gasteiger partial charge in [0.05, 0.1) is 6.54 Å². The van der Waals surface area contributed by atoms with Gasteiger partial charge < -0.3 is 40.0 Å². The second kappa shape index (κ2) is 50.3. The summed E-state index contributed by atoms with van der Waals surface area (Å²) in [5.41, 5.74) is 20.4. The van der Waals surface area contributed by atoms with E-state index in [-0.39, 0.29) is 46.3 Å². The molecule has 672 valence electrons. The van der Waals surface area contributed by atoms with Crippen molar-refractivity contribution in [3.63, 3.8) is 0 Å². The van der Waals surface area contributed by atoms with E-state index in [1.807, 2.05) is 34.5 Å². The van der Waals surface area contributed by atoms with Gasteiger partial charge in [-0.25, -0.2) is 22.5 Å². The van der Waals surface area contributed by atoms with E-state index in [9.17, 15) is 38.0 Å². The van der Waals surface area contributed by atoms with Gasteiger partial charge in [-0.15, -0.1) is 11.3 Å². The smallest absolute Gasteiger partial charge is 0.123 e. The van der Waals surface area contributed by atoms with Crippen LogP contribution in [0.5, 0.6) is 23.0 Å². The van der Waals surface area contributed by atoms with Gasteiger partial charge in [-0.3, -0.25) is 34.5 Å². The summed E-state index contributed by atoms with van der Waals surface area (Å²) >= 11 is 1.60. The lowest BCUT2D eigenvalue weighted by molar-refractivity contribution is 0.192. The van der Waals surface area contributed by atoms with Gasteiger partial charge in [0, 0.05) is 218 Å². The van der Waals surface area contributed by atoms with Crippen LogP contribution in [0.15, 0.2) is 352 Å². The topological polar surface area (TPSA) is 149 Å². The molecule has 3 heterocycles. The van der Waals surface area contributed by atoms with Gasteiger partial charge in [-0.05, 0) is 231 Å². The summed E-state index contributed by atoms with van der Waals surface area (Å²) in [5.74, 6) is -0.637. The Morgan fingerprint density at radius 3 is 0.808 bits per heavy atom. The fourth-order valence-corrected chi connectivity index (χ4v) is 15.3. The molecule has 21 heteroatoms. The second-order valence-electron chi connectivity index (χ2n) is 33.1. The van der Waals surface area contributed by atoms with E-state index in [2.05, 4.69) is 275 Å². The molecule has 0 bridgehead atoms. The molecule has 3 aromatic heterocycles. The number of halogens is 4. The number of anilines is 4. The molecule has 15 aromatic rings. The largest absolute Gasteiger partial charge is 0.508 e. The van der Waals surface area contributed by atoms with E-state index in [1.54, 1.807) is 90.9 Å². The van der Waals surface area contributed by atoms with Crippen molar-refractivity contribution in [1.82, 2.24) is 39.5 Å². The van der Waals surface area contributed by atoms with Crippen LogP contribution in [0, 0.1) is 23.3 Å². The Balaban J connectivity index is 0.000000157. The van der Waals surface area contributed by atoms with Crippen molar-refractivity contribution in [1.29, 1.82) is 0 Å². The second-order valence-corrected chi connectivity index (χ2v) is 34.0. The first-order chi connectivity index (χ1) is 62.8. The quantitative estimate of drug-likeness (QED) is 0.0224. The van der Waals surface area contributed by atoms with Crippen LogP contribution in [0.25, 0.3) is 0 Å². The molecule has 0 fully saturated rings. The Labute approximate surface area is 768 Å². The Hall–Kier alpha value is -13.5. The highest BCUT2D eigenvalue weighted by Crippen LogP contribution is 2.32. The van der Waals surface area contributed by atoms with Gasteiger partial charge in [0.25, 0.3) is 0 Å². The lowest BCUT2D eigenvalue weighted by Gasteiger charge is -2.30. The molecule has 0 radical (unpaired) electrons. The van der Waals surface area contributed by atoms with E-state index in [0.717, 1.165) is 77.7 Å². The van der Waals surface area contributed by atoms with Crippen molar-refractivity contribution in [2.75, 3.05) is 76.0 Å². The van der Waals surface area contributed by atoms with Crippen LogP contribution in [0.4, 0.5) is 40.3 Å². The van der Waals surface area contributed by atoms with E-state index in [4.69, 9.17) is 0 Å². The predicted octanol–water partition coefficient (Wildman–Crippen LogP) is 22.9. The maximum atomic E-state index is 13.1. The zero-order chi connectivity index (χ0) is 92.1. The van der Waals surface area contributed by atoms with Gasteiger partial charge in [0.15, 0.2) is 0 Å². The summed E-state index contributed by atoms with van der Waals surface area (Å²) in [6.07, 6.45) is 8.72. The number of nitrogens with zero attached hydrogens (tertiary/aromatic N) is 12. The minimum atomic E-state index is -0.238. The average Bonchev–Trinajstić information content (AvgIpc) is 0.935. The average molecular weight is 1770 g/mol. The van der Waals surface area contributed by atoms with Gasteiger partial charge in [0.1, 0.15) is 51.3 Å². The molecule has 16 nitrogen and oxygen atoms in total. The zero-order valence-electron chi connectivity index (χ0n) is 75.5. The maximum Gasteiger partial charge on any atom is 0.123 e. The third-order valence-electron chi connectivity index (χ3n) is 21.8. The van der Waals surface area contributed by atoms with Crippen molar-refractivity contribution >= 4 is 34.1 Å². The number of phenols is 4. The summed E-state index contributed by atoms with van der Waals surface area (Å²) in [5, 5.41) is 42.5. The SMILES string of the molecule is CC(c1ccccc1)N(Cc1ccc(N(C)C)cc1)Cc1ccc(N(C)C)cc1.CN(C)c1ccc(CN(Cc2ccccc2)Cc2ccc(N(C)C)cc2)cc1.Fc1ccc(CN(Cc2ccc(F)cc2)Cc2nccs2)cc1.Fc1ccc(CN(Cc2ccncc2)Cc2ccc(F)cc2)cc1.Oc1ccc(O)c(CN(Cc2ccncc2)Cc2cc(O)ccc2O)c1. The number of benzene rings is 12. The highest BCUT2D eigenvalue weighted by Gasteiger charge is 2.20. The fourth-order valence-electron chi connectivity index (χ4n) is 14.7. The molecular formula is C109H118F4N12O4S. The number of thiazole rings is 1. The van der Waals surface area contributed by atoms with E-state index < -0.39 is 0 Å². The fraction of sp³-hybridized carbons (Fsp3) is 0.220. The van der Waals surface area contributed by atoms with Crippen molar-refractivity contribution in [3.05, 3.63) is 458 Å². The number of aromatic hydroxyl groups is 4. The molecule has 0 aliphatic carbocycles. The Kier molecular flexibility index (Phi) is 37.6. The molecule has 1 unspecified atom stereocenters. The molecule has 0 aliphatic heterocycles. The standard InChI is InChI=1S/C26H33N3.C25H31N3.C20H18F2N2.C20H20N2O4.C18H16F2N2S/c1-21(24-9-7-6-8-10-24)29(19-22-11-15-25(16-12-22)27(2)3)20-23-13-17-26(18-14-23)28(4)5;1-26(2)24-14-10-22(11-15-24)19-28(18-21-8-6-5-7-9-21)20-23-12-16-25(17-13-23)27(3)4;21-19-5-1-16(2-6-19)13-24(15-18-9-11-23-12-10-18)14-17-3-7-20(22)8-4-17;23-17-1-3-19(25)15(9-17)12-22(11-14-5-7-21-8-6-14)13-16-10-18(24)2-4-20(16)26;19-16-5-1-14(2-6-16)11-22(13-18-21-9-10-23-18)12-15-3-7-17(20)8-4-15/h6-18,21H,19-20H2,1-5H3;5-17H,18-20H2,1-4H3;1-12H,13-15H2;1-10,23-26H,11-13H2;1-10H,11-13H2. The highest BCUT2D eigenvalue weighted by molar-refractivity contribution is 7.09. The molecule has 0 saturated carbocycles. The third-order valence-corrected chi connectivity index (χ3v) is 22.6. The number of hydrogen-bond donors (Lipinski definition) is 4. The Bertz CT molecular complexity index is 5500. The zero-order valence-corrected chi connectivity index (χ0v) is 76.4. The number of rotatable bonds is 34. The van der Waals surface area contributed by atoms with Gasteiger partial charge in [-0.2, -0.15) is 0 Å². The molecule has 12 aromatic carbocycles. The summed E-state index contributed by atoms with van der Waals surface area (Å²) in [7, 11) is 16.6. The first-order valence-electron chi connectivity index (χ1n) is 43.3. The molecule has 4 N–H and O–H groups in total. The summed E-state index contributed by atoms with van der Waals surface area (Å²) in [6, 6.07) is 99.9. The first-order valence-corrected chi connectivity index (χ1v) is 44.1. The molecule has 1 atom stereocenters. The third kappa shape index (κ3) is 33.0. The van der Waals surface area contributed by atoms with Crippen LogP contribution >= 0.6 is 11.3 Å². The van der Waals surface area contributed by atoms with Crippen LogP contribution in [-0.4, -0.2) is 116 Å². The molecule has 0 amide bonds. The molecule has 0 saturated heterocycles. The molecule has 130 heavy (non-hydrogen) atoms. The monoisotopic (exact) mass is 1770 g/mol. The lowest BCUT2D eigenvalue weighted by atomic mass is 10.0. The first kappa shape index (κ1) is 97.1. The number of phenolic OH excluding ortho intramolecular Hbond substituents is 4. The van der Waals surface area contributed by atoms with Gasteiger partial charge in [0.2, 0.25) is 0 Å². The molecular weight excluding hydrogens is 1650 g/mol. The number of hydrogen-bond acceptors (Lipinski definition) is 17. The van der Waals surface area contributed by atoms with Crippen LogP contribution in [0.3, 0.4) is 0 Å². The summed E-state index contributed by atoms with van der Waals surface area (Å²) in [6.45, 7) is 12.3. The van der Waals surface area contributed by atoms with Crippen molar-refractivity contribution in [2.24, 2.45) is 0 Å². The Morgan fingerprint density at radius 1 is 0.269 bits per heavy atom. The molecule has 15 rings (SSSR count). The highest BCUT2D eigenvalue weighted by atomic mass is 32.1. The van der Waals surface area contributed by atoms with E-state index >= 15 is 0 Å². The normalized spacial score (nSPS) is 11.2. The summed E-state index contributed by atoms with van der Waals surface area (Å²) in [4.78, 5) is 32.4. The van der Waals surface area contributed by atoms with E-state index in [0.29, 0.717) is 69.5 Å². The van der Waals surface area contributed by atoms with Crippen molar-refractivity contribution in [3.8, 4) is 23.0 Å². The number of pyridine rings is 2. The lowest BCUT2D eigenvalue weighted by Crippen LogP contribution is -2.26. The van der Waals surface area contributed by atoms with Crippen molar-refractivity contribution < 1.29 is 38.0 Å². The van der Waals surface area contributed by atoms with Crippen molar-refractivity contribution in [2.45, 2.75) is 105 Å². The van der Waals surface area contributed by atoms with Crippen LogP contribution < -0.4 is 19.6 Å². The van der Waals surface area contributed by atoms with Crippen LogP contribution in [-0.2, 0) is 91.6 Å². The number of aromatic nitrogens is 3. The van der Waals surface area contributed by atoms with E-state index in [1.165, 1.54) is 141 Å². The Morgan fingerprint density at radius 2 is 0.523 bits per heavy atom. The van der Waals surface area contributed by atoms with Gasteiger partial charge in [-0.1, -0.05) is 158 Å². The summed E-state index contributed by atoms with van der Waals surface area (Å²) < 4.78 is 52.3. The molecule has 0 aliphatic rings. The minimum Gasteiger partial charge on any atom is -0.508 e. The van der Waals surface area contributed by atoms with Crippen LogP contribution in [0.1, 0.15) is 95.9 Å². The van der Waals surface area contributed by atoms with Crippen LogP contribution in [0.2, 0.25) is 0 Å². The predicted molar refractivity (Wildman–Crippen MR) is 521 cm³/mol. The van der Waals surface area contributed by atoms with Gasteiger partial charge >= 0.3 is 0 Å².